The number of aromatic nitrogens is 6. The van der Waals surface area contributed by atoms with Gasteiger partial charge in [0.05, 0.1) is 31.9 Å². The average Bonchev–Trinajstić information content (AvgIpc) is 3.21. The minimum atomic E-state index is 0.244. The minimum Gasteiger partial charge on any atom is -0.378 e. The molecule has 3 aromatic heterocycles. The zero-order valence-electron chi connectivity index (χ0n) is 20.5. The first-order chi connectivity index (χ1) is 17.2. The van der Waals surface area contributed by atoms with Gasteiger partial charge in [0.1, 0.15) is 0 Å². The summed E-state index contributed by atoms with van der Waals surface area (Å²) in [5.41, 5.74) is 8.38. The van der Waals surface area contributed by atoms with E-state index in [-0.39, 0.29) is 5.95 Å². The molecule has 0 amide bonds. The van der Waals surface area contributed by atoms with Crippen LogP contribution in [-0.4, -0.2) is 93.2 Å². The summed E-state index contributed by atoms with van der Waals surface area (Å²) in [6, 6.07) is 0.768. The number of nitrogens with two attached hydrogens (primary N) is 1. The maximum Gasteiger partial charge on any atom is 0.308 e. The number of imidazole rings is 1. The molecule has 0 saturated carbocycles. The van der Waals surface area contributed by atoms with Crippen molar-refractivity contribution < 1.29 is 9.30 Å². The van der Waals surface area contributed by atoms with Crippen LogP contribution in [0.2, 0.25) is 0 Å². The van der Waals surface area contributed by atoms with E-state index in [0.29, 0.717) is 19.0 Å². The monoisotopic (exact) mass is 479 g/mol. The van der Waals surface area contributed by atoms with Crippen LogP contribution in [0.1, 0.15) is 32.0 Å². The fourth-order valence-corrected chi connectivity index (χ4v) is 5.50. The van der Waals surface area contributed by atoms with Crippen molar-refractivity contribution in [3.63, 3.8) is 0 Å². The Morgan fingerprint density at radius 2 is 1.80 bits per heavy atom. The van der Waals surface area contributed by atoms with Gasteiger partial charge in [0.15, 0.2) is 5.82 Å². The van der Waals surface area contributed by atoms with Crippen LogP contribution >= 0.6 is 0 Å². The number of fused-ring (bicyclic) bond motifs is 1. The molecule has 186 valence electrons. The minimum absolute atomic E-state index is 0.244. The number of ether oxygens (including phenoxy) is 1. The molecule has 0 unspecified atom stereocenters. The molecule has 35 heavy (non-hydrogen) atoms. The Labute approximate surface area is 205 Å². The fourth-order valence-electron chi connectivity index (χ4n) is 5.50. The lowest BCUT2D eigenvalue weighted by Crippen LogP contribution is -2.50. The molecule has 11 heteroatoms. The largest absolute Gasteiger partial charge is 0.378 e. The summed E-state index contributed by atoms with van der Waals surface area (Å²) in [5.74, 6) is 2.95. The number of anilines is 2. The molecule has 3 aromatic rings. The van der Waals surface area contributed by atoms with Crippen molar-refractivity contribution >= 4 is 22.9 Å². The number of hydrogen-bond donors (Lipinski definition) is 2. The van der Waals surface area contributed by atoms with Crippen LogP contribution in [0, 0.1) is 0 Å². The highest BCUT2D eigenvalue weighted by Gasteiger charge is 2.31. The quantitative estimate of drug-likeness (QED) is 0.496. The number of piperidine rings is 1. The molecule has 0 radical (unpaired) electrons. The second-order valence-corrected chi connectivity index (χ2v) is 9.71. The van der Waals surface area contributed by atoms with Crippen molar-refractivity contribution in [3.05, 3.63) is 18.2 Å². The van der Waals surface area contributed by atoms with E-state index in [0.717, 1.165) is 67.9 Å². The lowest BCUT2D eigenvalue weighted by atomic mass is 10.00. The highest BCUT2D eigenvalue weighted by Crippen LogP contribution is 2.27. The van der Waals surface area contributed by atoms with E-state index in [1.807, 2.05) is 0 Å². The summed E-state index contributed by atoms with van der Waals surface area (Å²) < 4.78 is 7.90. The van der Waals surface area contributed by atoms with Gasteiger partial charge in [0, 0.05) is 44.6 Å². The van der Waals surface area contributed by atoms with Gasteiger partial charge in [-0.3, -0.25) is 9.88 Å². The first-order valence-corrected chi connectivity index (χ1v) is 12.9. The van der Waals surface area contributed by atoms with Crippen LogP contribution in [0.5, 0.6) is 0 Å². The Morgan fingerprint density at radius 3 is 2.46 bits per heavy atom. The second kappa shape index (κ2) is 9.63. The van der Waals surface area contributed by atoms with Crippen molar-refractivity contribution in [2.75, 3.05) is 63.1 Å². The van der Waals surface area contributed by atoms with Crippen molar-refractivity contribution in [2.24, 2.45) is 0 Å². The normalized spacial score (nSPS) is 20.4. The molecular formula is C24H35N10O+. The summed E-state index contributed by atoms with van der Waals surface area (Å²) in [6.07, 6.45) is 7.26. The Bertz CT molecular complexity index is 1160. The molecule has 6 heterocycles. The predicted octanol–water partition coefficient (Wildman–Crippen LogP) is 0.811. The standard InChI is InChI=1S/C24H34N10O/c1-2-34-19(16-31-8-4-18(5-9-31)32-6-3-7-32)28-20-22(33-10-12-35-13-11-33)29-21(30-23(20)34)17-14-26-24(25)27-15-17/h14-15,18H,2-13,16H2,1H3,(H2,25,26,27,29,30)/p+1. The molecular weight excluding hydrogens is 444 g/mol. The first-order valence-electron chi connectivity index (χ1n) is 12.9. The van der Waals surface area contributed by atoms with Crippen molar-refractivity contribution in [3.8, 4) is 11.4 Å². The lowest BCUT2D eigenvalue weighted by molar-refractivity contribution is -0.678. The Kier molecular flexibility index (Phi) is 6.21. The van der Waals surface area contributed by atoms with E-state index in [1.54, 1.807) is 12.4 Å². The second-order valence-electron chi connectivity index (χ2n) is 9.71. The maximum absolute atomic E-state index is 5.71. The van der Waals surface area contributed by atoms with Gasteiger partial charge < -0.3 is 20.3 Å². The molecule has 0 spiro atoms. The summed E-state index contributed by atoms with van der Waals surface area (Å²) >= 11 is 0. The number of nitrogens with one attached hydrogen (secondary N) is 1. The molecule has 11 nitrogen and oxygen atoms in total. The zero-order chi connectivity index (χ0) is 23.8. The smallest absolute Gasteiger partial charge is 0.308 e. The number of rotatable bonds is 6. The summed E-state index contributed by atoms with van der Waals surface area (Å²) in [6.45, 7) is 11.7. The van der Waals surface area contributed by atoms with E-state index in [2.05, 4.69) is 41.1 Å². The molecule has 3 N–H and O–H groups in total. The number of nitrogens with zero attached hydrogens (tertiary/aromatic N) is 8. The SMILES string of the molecule is CC[n+]1c(CN2CCC(N3CCC3)CC2)[nH]c2c(N3CCOCC3)nc(-c3cnc(N)nc3)nc21. The molecule has 3 aliphatic rings. The predicted molar refractivity (Wildman–Crippen MR) is 133 cm³/mol. The van der Waals surface area contributed by atoms with Crippen LogP contribution < -0.4 is 15.2 Å². The van der Waals surface area contributed by atoms with Crippen molar-refractivity contribution in [2.45, 2.75) is 45.3 Å². The number of likely N-dealkylation sites (tertiary alicyclic amines) is 2. The number of aromatic amines is 1. The van der Waals surface area contributed by atoms with E-state index >= 15 is 0 Å². The number of hydrogen-bond acceptors (Lipinski definition) is 9. The third-order valence-electron chi connectivity index (χ3n) is 7.62. The van der Waals surface area contributed by atoms with Crippen LogP contribution in [0.15, 0.2) is 12.4 Å². The van der Waals surface area contributed by atoms with Crippen molar-refractivity contribution in [1.82, 2.24) is 34.7 Å². The fraction of sp³-hybridized carbons (Fsp3) is 0.625. The maximum atomic E-state index is 5.71. The number of morpholine rings is 1. The highest BCUT2D eigenvalue weighted by atomic mass is 16.5. The third-order valence-corrected chi connectivity index (χ3v) is 7.62. The summed E-state index contributed by atoms with van der Waals surface area (Å²) in [4.78, 5) is 29.5. The lowest BCUT2D eigenvalue weighted by Gasteiger charge is -2.42. The Hall–Kier alpha value is -2.89. The topological polar surface area (TPSA) is 116 Å². The van der Waals surface area contributed by atoms with E-state index in [1.165, 1.54) is 38.2 Å². The molecule has 3 aliphatic heterocycles. The van der Waals surface area contributed by atoms with Gasteiger partial charge in [0.2, 0.25) is 23.1 Å². The van der Waals surface area contributed by atoms with E-state index in [4.69, 9.17) is 20.4 Å². The number of aryl methyl sites for hydroxylation is 1. The third kappa shape index (κ3) is 4.43. The molecule has 3 fully saturated rings. The molecule has 3 saturated heterocycles. The molecule has 0 bridgehead atoms. The van der Waals surface area contributed by atoms with Gasteiger partial charge in [-0.25, -0.2) is 14.5 Å². The Balaban J connectivity index is 1.34. The zero-order valence-corrected chi connectivity index (χ0v) is 20.5. The van der Waals surface area contributed by atoms with Crippen LogP contribution in [0.4, 0.5) is 11.8 Å². The van der Waals surface area contributed by atoms with E-state index < -0.39 is 0 Å². The van der Waals surface area contributed by atoms with Gasteiger partial charge in [-0.15, -0.1) is 0 Å². The molecule has 0 aromatic carbocycles. The molecule has 6 rings (SSSR count). The van der Waals surface area contributed by atoms with Gasteiger partial charge in [-0.2, -0.15) is 4.98 Å². The van der Waals surface area contributed by atoms with Gasteiger partial charge >= 0.3 is 5.65 Å². The van der Waals surface area contributed by atoms with Crippen molar-refractivity contribution in [1.29, 1.82) is 0 Å². The Morgan fingerprint density at radius 1 is 1.06 bits per heavy atom. The summed E-state index contributed by atoms with van der Waals surface area (Å²) in [5, 5.41) is 0. The van der Waals surface area contributed by atoms with Crippen LogP contribution in [0.3, 0.4) is 0 Å². The van der Waals surface area contributed by atoms with Gasteiger partial charge in [0.25, 0.3) is 0 Å². The first kappa shape index (κ1) is 22.6. The van der Waals surface area contributed by atoms with Crippen LogP contribution in [-0.2, 0) is 17.8 Å². The van der Waals surface area contributed by atoms with Gasteiger partial charge in [-0.05, 0) is 39.3 Å². The number of nitrogen functional groups attached to an aromatic ring is 1. The average molecular weight is 480 g/mol. The molecule has 0 aliphatic carbocycles. The summed E-state index contributed by atoms with van der Waals surface area (Å²) in [7, 11) is 0. The van der Waals surface area contributed by atoms with E-state index in [9.17, 15) is 0 Å². The molecule has 0 atom stereocenters. The number of H-pyrrole nitrogens is 1. The highest BCUT2D eigenvalue weighted by molar-refractivity contribution is 5.83. The van der Waals surface area contributed by atoms with Gasteiger partial charge in [-0.1, -0.05) is 4.98 Å². The van der Waals surface area contributed by atoms with Crippen LogP contribution in [0.25, 0.3) is 22.6 Å².